The molecule has 0 spiro atoms. The second-order valence-electron chi connectivity index (χ2n) is 4.59. The first-order valence-corrected chi connectivity index (χ1v) is 5.94. The maximum atomic E-state index is 12.1. The molecule has 0 aromatic carbocycles. The molecule has 2 aliphatic rings. The lowest BCUT2D eigenvalue weighted by molar-refractivity contribution is -0.146. The van der Waals surface area contributed by atoms with E-state index < -0.39 is 5.97 Å². The first kappa shape index (κ1) is 11.4. The number of piperidine rings is 1. The molecule has 5 nitrogen and oxygen atoms in total. The average Bonchev–Trinajstić information content (AvgIpc) is 3.10. The molecule has 1 saturated heterocycles. The third kappa shape index (κ3) is 2.72. The van der Waals surface area contributed by atoms with E-state index in [0.29, 0.717) is 0 Å². The Morgan fingerprint density at radius 3 is 2.50 bits per heavy atom. The number of nitrogens with one attached hydrogen (secondary N) is 1. The van der Waals surface area contributed by atoms with Crippen LogP contribution in [-0.4, -0.2) is 47.1 Å². The number of rotatable bonds is 4. The van der Waals surface area contributed by atoms with Crippen LogP contribution in [0, 0.1) is 0 Å². The highest BCUT2D eigenvalue weighted by molar-refractivity contribution is 5.86. The van der Waals surface area contributed by atoms with Crippen molar-refractivity contribution in [2.45, 2.75) is 44.2 Å². The van der Waals surface area contributed by atoms with Gasteiger partial charge in [-0.15, -0.1) is 0 Å². The molecule has 0 aromatic rings. The smallest absolute Gasteiger partial charge is 0.323 e. The van der Waals surface area contributed by atoms with Crippen molar-refractivity contribution in [1.29, 1.82) is 0 Å². The Morgan fingerprint density at radius 2 is 2.00 bits per heavy atom. The van der Waals surface area contributed by atoms with Crippen LogP contribution in [0.15, 0.2) is 0 Å². The predicted octanol–water partition coefficient (Wildman–Crippen LogP) is 0.204. The Labute approximate surface area is 94.8 Å². The van der Waals surface area contributed by atoms with E-state index in [1.807, 2.05) is 0 Å². The van der Waals surface area contributed by atoms with Crippen LogP contribution in [0.3, 0.4) is 0 Å². The molecule has 2 fully saturated rings. The SMILES string of the molecule is O=C(O)CN(C(=O)[C@H]1CCCCN1)C1CC1. The quantitative estimate of drug-likeness (QED) is 0.718. The fourth-order valence-corrected chi connectivity index (χ4v) is 2.18. The summed E-state index contributed by atoms with van der Waals surface area (Å²) in [6.45, 7) is 0.712. The van der Waals surface area contributed by atoms with Crippen molar-refractivity contribution in [3.05, 3.63) is 0 Å². The molecular formula is C11H18N2O3. The summed E-state index contributed by atoms with van der Waals surface area (Å²) in [7, 11) is 0. The Morgan fingerprint density at radius 1 is 1.25 bits per heavy atom. The van der Waals surface area contributed by atoms with Crippen molar-refractivity contribution in [1.82, 2.24) is 10.2 Å². The van der Waals surface area contributed by atoms with Crippen molar-refractivity contribution < 1.29 is 14.7 Å². The van der Waals surface area contributed by atoms with Crippen LogP contribution in [-0.2, 0) is 9.59 Å². The molecule has 90 valence electrons. The van der Waals surface area contributed by atoms with Gasteiger partial charge in [0.1, 0.15) is 6.54 Å². The number of carboxylic acids is 1. The van der Waals surface area contributed by atoms with Crippen LogP contribution < -0.4 is 5.32 Å². The average molecular weight is 226 g/mol. The van der Waals surface area contributed by atoms with E-state index >= 15 is 0 Å². The second-order valence-corrected chi connectivity index (χ2v) is 4.59. The van der Waals surface area contributed by atoms with Crippen molar-refractivity contribution in [3.63, 3.8) is 0 Å². The Kier molecular flexibility index (Phi) is 3.43. The number of hydrogen-bond donors (Lipinski definition) is 2. The Bertz CT molecular complexity index is 283. The predicted molar refractivity (Wildman–Crippen MR) is 58.0 cm³/mol. The first-order valence-electron chi connectivity index (χ1n) is 5.94. The van der Waals surface area contributed by atoms with Gasteiger partial charge in [-0.05, 0) is 32.2 Å². The zero-order chi connectivity index (χ0) is 11.5. The van der Waals surface area contributed by atoms with Crippen LogP contribution in [0.25, 0.3) is 0 Å². The van der Waals surface area contributed by atoms with Gasteiger partial charge in [0, 0.05) is 6.04 Å². The van der Waals surface area contributed by atoms with Gasteiger partial charge in [0.2, 0.25) is 5.91 Å². The summed E-state index contributed by atoms with van der Waals surface area (Å²) in [6, 6.07) is 0.0148. The molecule has 2 rings (SSSR count). The molecule has 1 amide bonds. The summed E-state index contributed by atoms with van der Waals surface area (Å²) in [5.74, 6) is -0.944. The second kappa shape index (κ2) is 4.82. The van der Waals surface area contributed by atoms with Crippen LogP contribution >= 0.6 is 0 Å². The zero-order valence-corrected chi connectivity index (χ0v) is 9.32. The van der Waals surface area contributed by atoms with Crippen LogP contribution in [0.4, 0.5) is 0 Å². The van der Waals surface area contributed by atoms with E-state index in [4.69, 9.17) is 5.11 Å². The van der Waals surface area contributed by atoms with E-state index in [2.05, 4.69) is 5.32 Å². The van der Waals surface area contributed by atoms with Gasteiger partial charge in [0.25, 0.3) is 0 Å². The minimum absolute atomic E-state index is 0.0235. The minimum atomic E-state index is -0.920. The number of nitrogens with zero attached hydrogens (tertiary/aromatic N) is 1. The highest BCUT2D eigenvalue weighted by Gasteiger charge is 2.37. The Balaban J connectivity index is 1.95. The Hall–Kier alpha value is -1.10. The van der Waals surface area contributed by atoms with Gasteiger partial charge in [-0.1, -0.05) is 6.42 Å². The van der Waals surface area contributed by atoms with Crippen molar-refractivity contribution in [2.24, 2.45) is 0 Å². The van der Waals surface area contributed by atoms with Gasteiger partial charge < -0.3 is 15.3 Å². The molecule has 0 unspecified atom stereocenters. The van der Waals surface area contributed by atoms with Crippen molar-refractivity contribution in [3.8, 4) is 0 Å². The number of carbonyl (C=O) groups is 2. The highest BCUT2D eigenvalue weighted by atomic mass is 16.4. The summed E-state index contributed by atoms with van der Waals surface area (Å²) in [4.78, 5) is 24.4. The molecule has 1 saturated carbocycles. The number of amides is 1. The van der Waals surface area contributed by atoms with Crippen molar-refractivity contribution >= 4 is 11.9 Å². The third-order valence-electron chi connectivity index (χ3n) is 3.18. The van der Waals surface area contributed by atoms with E-state index in [0.717, 1.165) is 38.6 Å². The largest absolute Gasteiger partial charge is 0.480 e. The minimum Gasteiger partial charge on any atom is -0.480 e. The fourth-order valence-electron chi connectivity index (χ4n) is 2.18. The van der Waals surface area contributed by atoms with Gasteiger partial charge in [-0.2, -0.15) is 0 Å². The van der Waals surface area contributed by atoms with Crippen LogP contribution in [0.2, 0.25) is 0 Å². The standard InChI is InChI=1S/C11H18N2O3/c14-10(15)7-13(8-4-5-8)11(16)9-3-1-2-6-12-9/h8-9,12H,1-7H2,(H,14,15)/t9-/m1/s1. The molecule has 5 heteroatoms. The summed E-state index contributed by atoms with van der Waals surface area (Å²) in [5.41, 5.74) is 0. The number of carboxylic acid groups (broad SMARTS) is 1. The summed E-state index contributed by atoms with van der Waals surface area (Å²) in [5, 5.41) is 12.0. The molecule has 1 heterocycles. The molecule has 0 bridgehead atoms. The molecule has 0 radical (unpaired) electrons. The maximum absolute atomic E-state index is 12.1. The van der Waals surface area contributed by atoms with Crippen molar-refractivity contribution in [2.75, 3.05) is 13.1 Å². The molecule has 16 heavy (non-hydrogen) atoms. The normalized spacial score (nSPS) is 25.1. The fraction of sp³-hybridized carbons (Fsp3) is 0.818. The monoisotopic (exact) mass is 226 g/mol. The topological polar surface area (TPSA) is 69.6 Å². The highest BCUT2D eigenvalue weighted by Crippen LogP contribution is 2.27. The number of carbonyl (C=O) groups excluding carboxylic acids is 1. The molecule has 1 aliphatic carbocycles. The first-order chi connectivity index (χ1) is 7.68. The van der Waals surface area contributed by atoms with E-state index in [1.54, 1.807) is 0 Å². The number of hydrogen-bond acceptors (Lipinski definition) is 3. The van der Waals surface area contributed by atoms with E-state index in [1.165, 1.54) is 4.90 Å². The summed E-state index contributed by atoms with van der Waals surface area (Å²) < 4.78 is 0. The van der Waals surface area contributed by atoms with Crippen LogP contribution in [0.1, 0.15) is 32.1 Å². The van der Waals surface area contributed by atoms with E-state index in [9.17, 15) is 9.59 Å². The molecule has 1 atom stereocenters. The van der Waals surface area contributed by atoms with E-state index in [-0.39, 0.29) is 24.5 Å². The lowest BCUT2D eigenvalue weighted by Gasteiger charge is -2.29. The van der Waals surface area contributed by atoms with Gasteiger partial charge in [0.05, 0.1) is 6.04 Å². The van der Waals surface area contributed by atoms with Crippen LogP contribution in [0.5, 0.6) is 0 Å². The van der Waals surface area contributed by atoms with Gasteiger partial charge in [-0.3, -0.25) is 9.59 Å². The van der Waals surface area contributed by atoms with Gasteiger partial charge in [0.15, 0.2) is 0 Å². The molecule has 1 aliphatic heterocycles. The third-order valence-corrected chi connectivity index (χ3v) is 3.18. The number of aliphatic carboxylic acids is 1. The lowest BCUT2D eigenvalue weighted by atomic mass is 10.0. The summed E-state index contributed by atoms with van der Waals surface area (Å²) >= 11 is 0. The van der Waals surface area contributed by atoms with Gasteiger partial charge >= 0.3 is 5.97 Å². The molecule has 2 N–H and O–H groups in total. The lowest BCUT2D eigenvalue weighted by Crippen LogP contribution is -2.50. The molecular weight excluding hydrogens is 208 g/mol. The molecule has 0 aromatic heterocycles. The zero-order valence-electron chi connectivity index (χ0n) is 9.32. The van der Waals surface area contributed by atoms with Gasteiger partial charge in [-0.25, -0.2) is 0 Å². The maximum Gasteiger partial charge on any atom is 0.323 e. The summed E-state index contributed by atoms with van der Waals surface area (Å²) in [6.07, 6.45) is 4.89.